The summed E-state index contributed by atoms with van der Waals surface area (Å²) in [5, 5.41) is 3.32. The van der Waals surface area contributed by atoms with Crippen molar-refractivity contribution >= 4 is 11.0 Å². The van der Waals surface area contributed by atoms with Crippen molar-refractivity contribution < 1.29 is 0 Å². The van der Waals surface area contributed by atoms with E-state index in [1.54, 1.807) is 0 Å². The molecule has 5 heteroatoms. The second-order valence-corrected chi connectivity index (χ2v) is 5.44. The van der Waals surface area contributed by atoms with Crippen LogP contribution in [0.1, 0.15) is 38.6 Å². The van der Waals surface area contributed by atoms with Crippen molar-refractivity contribution in [2.75, 3.05) is 19.6 Å². The number of aromatic amines is 1. The number of para-hydroxylation sites is 2. The Hall–Kier alpha value is -1.59. The molecule has 21 heavy (non-hydrogen) atoms. The Balaban J connectivity index is 0.000000282. The van der Waals surface area contributed by atoms with E-state index >= 15 is 0 Å². The van der Waals surface area contributed by atoms with Crippen molar-refractivity contribution in [3.05, 3.63) is 34.7 Å². The number of aromatic nitrogens is 2. The molecule has 4 N–H and O–H groups in total. The fourth-order valence-electron chi connectivity index (χ4n) is 2.71. The average molecular weight is 290 g/mol. The molecule has 0 radical (unpaired) electrons. The van der Waals surface area contributed by atoms with Crippen LogP contribution in [-0.4, -0.2) is 29.2 Å². The van der Waals surface area contributed by atoms with Gasteiger partial charge < -0.3 is 16.0 Å². The molecule has 0 amide bonds. The molecule has 1 aliphatic rings. The summed E-state index contributed by atoms with van der Waals surface area (Å²) in [5.41, 5.74) is 7.12. The van der Waals surface area contributed by atoms with Gasteiger partial charge in [-0.25, -0.2) is 4.79 Å². The molecule has 0 aliphatic carbocycles. The Labute approximate surface area is 125 Å². The maximum Gasteiger partial charge on any atom is 0.326 e. The fourth-order valence-corrected chi connectivity index (χ4v) is 2.71. The zero-order valence-electron chi connectivity index (χ0n) is 12.8. The Kier molecular flexibility index (Phi) is 6.02. The van der Waals surface area contributed by atoms with E-state index in [0.717, 1.165) is 43.5 Å². The van der Waals surface area contributed by atoms with Crippen molar-refractivity contribution in [2.45, 2.75) is 38.6 Å². The Morgan fingerprint density at radius 2 is 2.00 bits per heavy atom. The highest BCUT2D eigenvalue weighted by Gasteiger charge is 2.18. The van der Waals surface area contributed by atoms with Gasteiger partial charge in [0.1, 0.15) is 0 Å². The minimum atomic E-state index is 0.0214. The number of benzene rings is 1. The van der Waals surface area contributed by atoms with Crippen molar-refractivity contribution in [1.82, 2.24) is 14.9 Å². The van der Waals surface area contributed by atoms with Gasteiger partial charge in [-0.2, -0.15) is 0 Å². The van der Waals surface area contributed by atoms with Crippen LogP contribution in [0.2, 0.25) is 0 Å². The van der Waals surface area contributed by atoms with E-state index in [-0.39, 0.29) is 5.69 Å². The summed E-state index contributed by atoms with van der Waals surface area (Å²) in [6.07, 6.45) is 4.44. The van der Waals surface area contributed by atoms with E-state index in [0.29, 0.717) is 6.04 Å². The number of unbranched alkanes of at least 4 members (excludes halogenated alkanes) is 1. The van der Waals surface area contributed by atoms with E-state index in [2.05, 4.69) is 17.2 Å². The molecule has 0 saturated carbocycles. The van der Waals surface area contributed by atoms with E-state index in [1.165, 1.54) is 12.8 Å². The van der Waals surface area contributed by atoms with Gasteiger partial charge in [-0.15, -0.1) is 0 Å². The molecule has 5 nitrogen and oxygen atoms in total. The van der Waals surface area contributed by atoms with Gasteiger partial charge in [0.25, 0.3) is 0 Å². The molecule has 116 valence electrons. The third-order valence-electron chi connectivity index (χ3n) is 3.86. The van der Waals surface area contributed by atoms with Crippen molar-refractivity contribution in [1.29, 1.82) is 0 Å². The van der Waals surface area contributed by atoms with Crippen LogP contribution in [0.15, 0.2) is 29.1 Å². The van der Waals surface area contributed by atoms with Gasteiger partial charge in [0, 0.05) is 6.04 Å². The minimum Gasteiger partial charge on any atom is -0.330 e. The quantitative estimate of drug-likeness (QED) is 0.809. The maximum absolute atomic E-state index is 11.9. The number of H-pyrrole nitrogens is 1. The van der Waals surface area contributed by atoms with Gasteiger partial charge in [-0.3, -0.25) is 4.57 Å². The summed E-state index contributed by atoms with van der Waals surface area (Å²) < 4.78 is 1.91. The van der Waals surface area contributed by atoms with Crippen LogP contribution in [0.5, 0.6) is 0 Å². The smallest absolute Gasteiger partial charge is 0.326 e. The first-order valence-electron chi connectivity index (χ1n) is 7.88. The zero-order valence-corrected chi connectivity index (χ0v) is 12.8. The lowest BCUT2D eigenvalue weighted by atomic mass is 10.1. The molecule has 0 unspecified atom stereocenters. The number of rotatable bonds is 3. The lowest BCUT2D eigenvalue weighted by Gasteiger charge is -2.23. The molecule has 1 aromatic heterocycles. The number of piperidine rings is 1. The molecule has 0 spiro atoms. The van der Waals surface area contributed by atoms with Gasteiger partial charge in [0.15, 0.2) is 0 Å². The first-order valence-corrected chi connectivity index (χ1v) is 7.88. The number of fused-ring (bicyclic) bond motifs is 1. The number of hydrogen-bond acceptors (Lipinski definition) is 3. The molecular weight excluding hydrogens is 264 g/mol. The van der Waals surface area contributed by atoms with Crippen molar-refractivity contribution in [2.24, 2.45) is 5.73 Å². The highest BCUT2D eigenvalue weighted by molar-refractivity contribution is 5.75. The SMILES string of the molecule is CCCCN.O=c1[nH]c2ccccc2n1C1CCNCC1. The molecule has 2 heterocycles. The topological polar surface area (TPSA) is 75.8 Å². The number of hydrogen-bond donors (Lipinski definition) is 3. The van der Waals surface area contributed by atoms with Gasteiger partial charge in [-0.05, 0) is 51.0 Å². The largest absolute Gasteiger partial charge is 0.330 e. The van der Waals surface area contributed by atoms with Crippen LogP contribution in [-0.2, 0) is 0 Å². The van der Waals surface area contributed by atoms with E-state index < -0.39 is 0 Å². The van der Waals surface area contributed by atoms with Crippen molar-refractivity contribution in [3.63, 3.8) is 0 Å². The minimum absolute atomic E-state index is 0.0214. The van der Waals surface area contributed by atoms with Crippen LogP contribution < -0.4 is 16.7 Å². The van der Waals surface area contributed by atoms with Crippen molar-refractivity contribution in [3.8, 4) is 0 Å². The number of imidazole rings is 1. The van der Waals surface area contributed by atoms with Crippen LogP contribution >= 0.6 is 0 Å². The Morgan fingerprint density at radius 3 is 2.62 bits per heavy atom. The van der Waals surface area contributed by atoms with Gasteiger partial charge in [0.05, 0.1) is 11.0 Å². The summed E-state index contributed by atoms with van der Waals surface area (Å²) in [5.74, 6) is 0. The Bertz CT molecular complexity index is 594. The lowest BCUT2D eigenvalue weighted by Crippen LogP contribution is -2.33. The lowest BCUT2D eigenvalue weighted by molar-refractivity contribution is 0.368. The van der Waals surface area contributed by atoms with Gasteiger partial charge in [0.2, 0.25) is 0 Å². The van der Waals surface area contributed by atoms with Crippen LogP contribution in [0.3, 0.4) is 0 Å². The summed E-state index contributed by atoms with van der Waals surface area (Å²) in [7, 11) is 0. The third-order valence-corrected chi connectivity index (χ3v) is 3.86. The van der Waals surface area contributed by atoms with E-state index in [9.17, 15) is 4.79 Å². The summed E-state index contributed by atoms with van der Waals surface area (Å²) in [6, 6.07) is 8.23. The molecule has 0 atom stereocenters. The van der Waals surface area contributed by atoms with Gasteiger partial charge >= 0.3 is 5.69 Å². The first kappa shape index (κ1) is 15.8. The second-order valence-electron chi connectivity index (χ2n) is 5.44. The molecule has 1 saturated heterocycles. The van der Waals surface area contributed by atoms with Gasteiger partial charge in [-0.1, -0.05) is 25.5 Å². The zero-order chi connectivity index (χ0) is 15.1. The Morgan fingerprint density at radius 1 is 1.29 bits per heavy atom. The fraction of sp³-hybridized carbons (Fsp3) is 0.562. The number of nitrogens with one attached hydrogen (secondary N) is 2. The highest BCUT2D eigenvalue weighted by Crippen LogP contribution is 2.21. The monoisotopic (exact) mass is 290 g/mol. The summed E-state index contributed by atoms with van der Waals surface area (Å²) >= 11 is 0. The maximum atomic E-state index is 11.9. The van der Waals surface area contributed by atoms with Crippen LogP contribution in [0.4, 0.5) is 0 Å². The number of nitrogens with zero attached hydrogens (tertiary/aromatic N) is 1. The summed E-state index contributed by atoms with van der Waals surface area (Å²) in [4.78, 5) is 14.8. The molecule has 1 fully saturated rings. The summed E-state index contributed by atoms with van der Waals surface area (Å²) in [6.45, 7) is 4.97. The molecule has 2 aromatic rings. The van der Waals surface area contributed by atoms with Crippen LogP contribution in [0.25, 0.3) is 11.0 Å². The number of nitrogens with two attached hydrogens (primary N) is 1. The van der Waals surface area contributed by atoms with Crippen LogP contribution in [0, 0.1) is 0 Å². The predicted octanol–water partition coefficient (Wildman–Crippen LogP) is 2.00. The highest BCUT2D eigenvalue weighted by atomic mass is 16.1. The normalized spacial score (nSPS) is 15.7. The predicted molar refractivity (Wildman–Crippen MR) is 87.7 cm³/mol. The second kappa shape index (κ2) is 8.00. The van der Waals surface area contributed by atoms with E-state index in [4.69, 9.17) is 5.73 Å². The molecule has 1 aromatic carbocycles. The first-order chi connectivity index (χ1) is 10.3. The molecule has 3 rings (SSSR count). The standard InChI is InChI=1S/C12H15N3O.C4H11N/c16-12-14-10-3-1-2-4-11(10)15(12)9-5-7-13-8-6-9;1-2-3-4-5/h1-4,9,13H,5-8H2,(H,14,16);2-5H2,1H3. The van der Waals surface area contributed by atoms with E-state index in [1.807, 2.05) is 28.8 Å². The molecule has 1 aliphatic heterocycles. The molecular formula is C16H26N4O. The third kappa shape index (κ3) is 3.95. The average Bonchev–Trinajstić information content (AvgIpc) is 2.85. The molecule has 0 bridgehead atoms.